The first-order valence-corrected chi connectivity index (χ1v) is 4.80. The summed E-state index contributed by atoms with van der Waals surface area (Å²) in [5, 5.41) is 20.7. The van der Waals surface area contributed by atoms with Crippen LogP contribution in [0.1, 0.15) is 0 Å². The smallest absolute Gasteiger partial charge is 0.305 e. The van der Waals surface area contributed by atoms with Gasteiger partial charge in [-0.25, -0.2) is 9.97 Å². The summed E-state index contributed by atoms with van der Waals surface area (Å²) in [5.74, 6) is 0.343. The lowest BCUT2D eigenvalue weighted by Gasteiger charge is -2.03. The van der Waals surface area contributed by atoms with Gasteiger partial charge in [0, 0.05) is 12.7 Å². The van der Waals surface area contributed by atoms with Gasteiger partial charge < -0.3 is 5.32 Å². The molecule has 0 spiro atoms. The molecule has 2 aromatic heterocycles. The largest absolute Gasteiger partial charge is 0.352 e. The Morgan fingerprint density at radius 3 is 2.76 bits per heavy atom. The molecular formula is C8H9N7O2. The maximum Gasteiger partial charge on any atom is 0.305 e. The Bertz CT molecular complexity index is 481. The van der Waals surface area contributed by atoms with E-state index < -0.39 is 4.92 Å². The van der Waals surface area contributed by atoms with E-state index in [-0.39, 0.29) is 5.69 Å². The monoisotopic (exact) mass is 235 g/mol. The molecule has 0 aliphatic rings. The van der Waals surface area contributed by atoms with Crippen molar-refractivity contribution in [3.05, 3.63) is 34.9 Å². The molecular weight excluding hydrogens is 226 g/mol. The highest BCUT2D eigenvalue weighted by Crippen LogP contribution is 2.07. The van der Waals surface area contributed by atoms with E-state index in [0.29, 0.717) is 19.0 Å². The van der Waals surface area contributed by atoms with Crippen molar-refractivity contribution in [2.45, 2.75) is 6.54 Å². The molecule has 0 unspecified atom stereocenters. The summed E-state index contributed by atoms with van der Waals surface area (Å²) in [6, 6.07) is 0. The fraction of sp³-hybridized carbons (Fsp3) is 0.250. The van der Waals surface area contributed by atoms with Crippen molar-refractivity contribution in [3.63, 3.8) is 0 Å². The predicted molar refractivity (Wildman–Crippen MR) is 57.2 cm³/mol. The fourth-order valence-corrected chi connectivity index (χ4v) is 1.14. The average Bonchev–Trinajstić information content (AvgIpc) is 2.83. The number of nitro groups is 1. The molecule has 9 nitrogen and oxygen atoms in total. The van der Waals surface area contributed by atoms with Crippen LogP contribution in [0.25, 0.3) is 0 Å². The van der Waals surface area contributed by atoms with Gasteiger partial charge in [-0.15, -0.1) is 5.10 Å². The van der Waals surface area contributed by atoms with Crippen LogP contribution in [-0.2, 0) is 6.54 Å². The van der Waals surface area contributed by atoms with Gasteiger partial charge in [-0.05, 0) is 0 Å². The van der Waals surface area contributed by atoms with Crippen LogP contribution in [-0.4, -0.2) is 36.4 Å². The first-order valence-electron chi connectivity index (χ1n) is 4.80. The Labute approximate surface area is 95.7 Å². The minimum absolute atomic E-state index is 0.133. The zero-order valence-electron chi connectivity index (χ0n) is 8.72. The van der Waals surface area contributed by atoms with Gasteiger partial charge in [0.2, 0.25) is 5.95 Å². The predicted octanol–water partition coefficient (Wildman–Crippen LogP) is 0.0884. The molecule has 2 rings (SSSR count). The molecule has 0 aromatic carbocycles. The van der Waals surface area contributed by atoms with Crippen LogP contribution in [0.5, 0.6) is 0 Å². The van der Waals surface area contributed by atoms with Gasteiger partial charge in [0.05, 0.1) is 17.7 Å². The second-order valence-corrected chi connectivity index (χ2v) is 3.11. The van der Waals surface area contributed by atoms with Crippen molar-refractivity contribution in [2.24, 2.45) is 0 Å². The van der Waals surface area contributed by atoms with Crippen molar-refractivity contribution in [2.75, 3.05) is 11.9 Å². The lowest BCUT2D eigenvalue weighted by Crippen LogP contribution is -2.12. The van der Waals surface area contributed by atoms with Crippen LogP contribution in [0.3, 0.4) is 0 Å². The van der Waals surface area contributed by atoms with E-state index in [1.165, 1.54) is 0 Å². The highest BCUT2D eigenvalue weighted by molar-refractivity contribution is 5.30. The number of rotatable bonds is 5. The van der Waals surface area contributed by atoms with Gasteiger partial charge in [0.15, 0.2) is 0 Å². The number of hydrogen-bond acceptors (Lipinski definition) is 7. The minimum atomic E-state index is -0.542. The lowest BCUT2D eigenvalue weighted by molar-refractivity contribution is -0.385. The van der Waals surface area contributed by atoms with Gasteiger partial charge in [-0.2, -0.15) is 0 Å². The van der Waals surface area contributed by atoms with E-state index in [1.54, 1.807) is 17.1 Å². The SMILES string of the molecule is O=[N+]([O-])c1cnc(NCCn2ccnn2)nc1. The Morgan fingerprint density at radius 2 is 2.18 bits per heavy atom. The minimum Gasteiger partial charge on any atom is -0.352 e. The summed E-state index contributed by atoms with van der Waals surface area (Å²) in [4.78, 5) is 17.4. The van der Waals surface area contributed by atoms with Gasteiger partial charge >= 0.3 is 5.69 Å². The molecule has 0 atom stereocenters. The van der Waals surface area contributed by atoms with E-state index in [9.17, 15) is 10.1 Å². The number of anilines is 1. The van der Waals surface area contributed by atoms with Crippen molar-refractivity contribution in [1.82, 2.24) is 25.0 Å². The summed E-state index contributed by atoms with van der Waals surface area (Å²) in [6.45, 7) is 1.17. The van der Waals surface area contributed by atoms with E-state index in [4.69, 9.17) is 0 Å². The summed E-state index contributed by atoms with van der Waals surface area (Å²) >= 11 is 0. The summed E-state index contributed by atoms with van der Waals surface area (Å²) in [5.41, 5.74) is -0.133. The molecule has 0 aliphatic carbocycles. The van der Waals surface area contributed by atoms with Crippen LogP contribution in [0, 0.1) is 10.1 Å². The van der Waals surface area contributed by atoms with Crippen molar-refractivity contribution in [3.8, 4) is 0 Å². The number of hydrogen-bond donors (Lipinski definition) is 1. The molecule has 0 radical (unpaired) electrons. The second-order valence-electron chi connectivity index (χ2n) is 3.11. The molecule has 88 valence electrons. The highest BCUT2D eigenvalue weighted by Gasteiger charge is 2.05. The molecule has 0 aliphatic heterocycles. The summed E-state index contributed by atoms with van der Waals surface area (Å²) in [7, 11) is 0. The van der Waals surface area contributed by atoms with Crippen molar-refractivity contribution >= 4 is 11.6 Å². The quantitative estimate of drug-likeness (QED) is 0.577. The zero-order chi connectivity index (χ0) is 12.1. The maximum absolute atomic E-state index is 10.4. The Kier molecular flexibility index (Phi) is 3.19. The third-order valence-corrected chi connectivity index (χ3v) is 1.94. The Morgan fingerprint density at radius 1 is 1.41 bits per heavy atom. The molecule has 0 bridgehead atoms. The third-order valence-electron chi connectivity index (χ3n) is 1.94. The van der Waals surface area contributed by atoms with E-state index in [1.807, 2.05) is 0 Å². The highest BCUT2D eigenvalue weighted by atomic mass is 16.6. The van der Waals surface area contributed by atoms with E-state index >= 15 is 0 Å². The molecule has 2 heterocycles. The molecule has 0 amide bonds. The summed E-state index contributed by atoms with van der Waals surface area (Å²) in [6.07, 6.45) is 5.64. The average molecular weight is 235 g/mol. The molecule has 0 saturated heterocycles. The van der Waals surface area contributed by atoms with Crippen LogP contribution >= 0.6 is 0 Å². The summed E-state index contributed by atoms with van der Waals surface area (Å²) < 4.78 is 1.65. The first kappa shape index (κ1) is 10.9. The first-order chi connectivity index (χ1) is 8.25. The molecule has 2 aromatic rings. The lowest BCUT2D eigenvalue weighted by atomic mass is 10.5. The number of aromatic nitrogens is 5. The van der Waals surface area contributed by atoms with Crippen molar-refractivity contribution in [1.29, 1.82) is 0 Å². The number of nitrogens with zero attached hydrogens (tertiary/aromatic N) is 6. The Hall–Kier alpha value is -2.58. The molecule has 0 saturated carbocycles. The van der Waals surface area contributed by atoms with E-state index in [2.05, 4.69) is 25.6 Å². The van der Waals surface area contributed by atoms with Crippen LogP contribution in [0.15, 0.2) is 24.8 Å². The second kappa shape index (κ2) is 4.96. The topological polar surface area (TPSA) is 112 Å². The van der Waals surface area contributed by atoms with Crippen LogP contribution < -0.4 is 5.32 Å². The van der Waals surface area contributed by atoms with Gasteiger partial charge in [-0.3, -0.25) is 14.8 Å². The zero-order valence-corrected chi connectivity index (χ0v) is 8.72. The standard InChI is InChI=1S/C8H9N7O2/c16-15(17)7-5-10-8(11-6-7)9-1-3-14-4-2-12-13-14/h2,4-6H,1,3H2,(H,9,10,11). The molecule has 1 N–H and O–H groups in total. The van der Waals surface area contributed by atoms with Gasteiger partial charge in [0.25, 0.3) is 0 Å². The van der Waals surface area contributed by atoms with Crippen molar-refractivity contribution < 1.29 is 4.92 Å². The molecule has 9 heteroatoms. The molecule has 0 fully saturated rings. The Balaban J connectivity index is 1.85. The molecule has 17 heavy (non-hydrogen) atoms. The number of nitrogens with one attached hydrogen (secondary N) is 1. The maximum atomic E-state index is 10.4. The van der Waals surface area contributed by atoms with Gasteiger partial charge in [-0.1, -0.05) is 5.21 Å². The van der Waals surface area contributed by atoms with Crippen LogP contribution in [0.4, 0.5) is 11.6 Å². The normalized spacial score (nSPS) is 10.1. The fourth-order valence-electron chi connectivity index (χ4n) is 1.14. The third kappa shape index (κ3) is 2.93. The van der Waals surface area contributed by atoms with Gasteiger partial charge in [0.1, 0.15) is 12.4 Å². The van der Waals surface area contributed by atoms with Crippen LogP contribution in [0.2, 0.25) is 0 Å². The van der Waals surface area contributed by atoms with E-state index in [0.717, 1.165) is 12.4 Å².